The summed E-state index contributed by atoms with van der Waals surface area (Å²) in [6.07, 6.45) is 13.1. The second-order valence-corrected chi connectivity index (χ2v) is 10.5. The first-order valence-corrected chi connectivity index (χ1v) is 12.5. The van der Waals surface area contributed by atoms with Gasteiger partial charge in [0.05, 0.1) is 6.61 Å². The van der Waals surface area contributed by atoms with E-state index in [1.807, 2.05) is 0 Å². The monoisotopic (exact) mass is 379 g/mol. The molecule has 0 radical (unpaired) electrons. The van der Waals surface area contributed by atoms with Crippen LogP contribution in [0.2, 0.25) is 0 Å². The number of carbonyl (C=O) groups excluding carboxylic acids is 1. The molecule has 0 N–H and O–H groups in total. The highest BCUT2D eigenvalue weighted by Gasteiger charge is 2.41. The van der Waals surface area contributed by atoms with E-state index in [0.717, 1.165) is 19.3 Å². The first-order chi connectivity index (χ1) is 11.5. The third-order valence-corrected chi connectivity index (χ3v) is 7.91. The zero-order valence-electron chi connectivity index (χ0n) is 15.5. The first-order valence-electron chi connectivity index (χ1n) is 9.75. The van der Waals surface area contributed by atoms with Crippen LogP contribution in [0.25, 0.3) is 0 Å². The van der Waals surface area contributed by atoms with E-state index in [-0.39, 0.29) is 5.97 Å². The Bertz CT molecular complexity index is 406. The number of halogens is 1. The summed E-state index contributed by atoms with van der Waals surface area (Å²) < 4.78 is 19.6. The predicted octanol–water partition coefficient (Wildman–Crippen LogP) is 5.98. The van der Waals surface area contributed by atoms with Gasteiger partial charge in [0.1, 0.15) is 6.04 Å². The van der Waals surface area contributed by atoms with Crippen molar-refractivity contribution in [2.45, 2.75) is 90.5 Å². The van der Waals surface area contributed by atoms with Gasteiger partial charge in [-0.1, -0.05) is 58.3 Å². The van der Waals surface area contributed by atoms with E-state index in [1.54, 1.807) is 11.6 Å². The summed E-state index contributed by atoms with van der Waals surface area (Å²) >= 11 is 6.35. The van der Waals surface area contributed by atoms with E-state index in [9.17, 15) is 9.36 Å². The second-order valence-electron chi connectivity index (χ2n) is 6.74. The summed E-state index contributed by atoms with van der Waals surface area (Å²) in [5.41, 5.74) is 0. The highest BCUT2D eigenvalue weighted by atomic mass is 35.7. The lowest BCUT2D eigenvalue weighted by atomic mass is 10.1. The number of nitrogens with zero attached hydrogens (tertiary/aromatic N) is 1. The van der Waals surface area contributed by atoms with Crippen LogP contribution in [0.3, 0.4) is 0 Å². The predicted molar refractivity (Wildman–Crippen MR) is 102 cm³/mol. The van der Waals surface area contributed by atoms with Crippen molar-refractivity contribution in [2.75, 3.05) is 19.3 Å². The topological polar surface area (TPSA) is 46.6 Å². The Hall–Kier alpha value is -0.0500. The lowest BCUT2D eigenvalue weighted by molar-refractivity contribution is -0.146. The molecule has 2 unspecified atom stereocenters. The summed E-state index contributed by atoms with van der Waals surface area (Å²) in [7, 11) is 0. The Labute approximate surface area is 152 Å². The number of carbonyl (C=O) groups is 1. The van der Waals surface area contributed by atoms with Gasteiger partial charge in [-0.25, -0.2) is 4.67 Å². The van der Waals surface area contributed by atoms with Crippen LogP contribution in [-0.2, 0) is 14.1 Å². The number of hydrogen-bond donors (Lipinski definition) is 0. The van der Waals surface area contributed by atoms with Crippen molar-refractivity contribution in [3.05, 3.63) is 0 Å². The number of rotatable bonds is 13. The fourth-order valence-electron chi connectivity index (χ4n) is 3.33. The van der Waals surface area contributed by atoms with Gasteiger partial charge >= 0.3 is 5.97 Å². The molecule has 2 atom stereocenters. The van der Waals surface area contributed by atoms with Gasteiger partial charge in [0.2, 0.25) is 6.65 Å². The van der Waals surface area contributed by atoms with E-state index in [4.69, 9.17) is 16.0 Å². The van der Waals surface area contributed by atoms with Crippen LogP contribution < -0.4 is 0 Å². The highest BCUT2D eigenvalue weighted by Crippen LogP contribution is 2.58. The van der Waals surface area contributed by atoms with Gasteiger partial charge in [0, 0.05) is 12.7 Å². The largest absolute Gasteiger partial charge is 0.465 e. The molecule has 1 fully saturated rings. The maximum Gasteiger partial charge on any atom is 0.323 e. The lowest BCUT2D eigenvalue weighted by Crippen LogP contribution is -2.34. The molecule has 1 rings (SSSR count). The van der Waals surface area contributed by atoms with Crippen LogP contribution in [0.1, 0.15) is 84.5 Å². The van der Waals surface area contributed by atoms with Crippen LogP contribution in [-0.4, -0.2) is 36.0 Å². The van der Waals surface area contributed by atoms with Gasteiger partial charge in [-0.15, -0.1) is 0 Å². The van der Waals surface area contributed by atoms with Crippen molar-refractivity contribution in [3.8, 4) is 0 Å². The fraction of sp³-hybridized carbons (Fsp3) is 0.944. The molecule has 1 aliphatic rings. The Morgan fingerprint density at radius 3 is 2.25 bits per heavy atom. The highest BCUT2D eigenvalue weighted by molar-refractivity contribution is 7.87. The molecule has 0 aromatic rings. The van der Waals surface area contributed by atoms with Gasteiger partial charge in [-0.05, 0) is 37.4 Å². The standard InChI is InChI=1S/C18H35ClNO3P/c1-3-5-6-7-8-9-10-11-12-16-24(19,22)20-15-13-14-17(20)18(21)23-4-2/h17H,3-16H2,1-2H3. The number of unbranched alkanes of at least 4 members (excludes halogenated alkanes) is 8. The molecule has 0 saturated carbocycles. The molecule has 0 spiro atoms. The van der Waals surface area contributed by atoms with E-state index >= 15 is 0 Å². The van der Waals surface area contributed by atoms with Crippen molar-refractivity contribution in [1.82, 2.24) is 4.67 Å². The summed E-state index contributed by atoms with van der Waals surface area (Å²) in [6, 6.07) is -0.410. The molecule has 6 heteroatoms. The molecular formula is C18H35ClNO3P. The van der Waals surface area contributed by atoms with Crippen LogP contribution >= 0.6 is 17.9 Å². The molecule has 4 nitrogen and oxygen atoms in total. The smallest absolute Gasteiger partial charge is 0.323 e. The van der Waals surface area contributed by atoms with Gasteiger partial charge in [0.25, 0.3) is 0 Å². The quantitative estimate of drug-likeness (QED) is 0.224. The molecule has 0 amide bonds. The number of ether oxygens (including phenoxy) is 1. The molecule has 24 heavy (non-hydrogen) atoms. The van der Waals surface area contributed by atoms with E-state index in [2.05, 4.69) is 6.92 Å². The van der Waals surface area contributed by atoms with Gasteiger partial charge in [-0.3, -0.25) is 9.36 Å². The summed E-state index contributed by atoms with van der Waals surface area (Å²) in [5.74, 6) is -0.275. The Morgan fingerprint density at radius 2 is 1.67 bits per heavy atom. The van der Waals surface area contributed by atoms with Gasteiger partial charge in [-0.2, -0.15) is 0 Å². The average molecular weight is 380 g/mol. The van der Waals surface area contributed by atoms with Crippen LogP contribution in [0.15, 0.2) is 0 Å². The van der Waals surface area contributed by atoms with E-state index in [1.165, 1.54) is 44.9 Å². The van der Waals surface area contributed by atoms with Crippen molar-refractivity contribution < 1.29 is 14.1 Å². The van der Waals surface area contributed by atoms with Gasteiger partial charge < -0.3 is 4.74 Å². The second kappa shape index (κ2) is 12.3. The van der Waals surface area contributed by atoms with E-state index < -0.39 is 12.7 Å². The zero-order valence-corrected chi connectivity index (χ0v) is 17.1. The summed E-state index contributed by atoms with van der Waals surface area (Å²) in [6.45, 7) is 2.08. The molecule has 1 saturated heterocycles. The molecule has 1 aliphatic heterocycles. The maximum absolute atomic E-state index is 12.8. The summed E-state index contributed by atoms with van der Waals surface area (Å²) in [5, 5.41) is 0. The molecule has 142 valence electrons. The lowest BCUT2D eigenvalue weighted by Gasteiger charge is -2.27. The van der Waals surface area contributed by atoms with Crippen molar-refractivity contribution in [2.24, 2.45) is 0 Å². The summed E-state index contributed by atoms with van der Waals surface area (Å²) in [4.78, 5) is 12.0. The molecule has 0 bridgehead atoms. The Morgan fingerprint density at radius 1 is 1.08 bits per heavy atom. The normalized spacial score (nSPS) is 20.9. The van der Waals surface area contributed by atoms with Gasteiger partial charge in [0.15, 0.2) is 0 Å². The molecule has 0 aromatic carbocycles. The van der Waals surface area contributed by atoms with Crippen molar-refractivity contribution in [3.63, 3.8) is 0 Å². The fourth-order valence-corrected chi connectivity index (χ4v) is 6.17. The zero-order chi connectivity index (χ0) is 17.8. The Balaban J connectivity index is 2.23. The molecule has 0 aromatic heterocycles. The van der Waals surface area contributed by atoms with Crippen LogP contribution in [0.4, 0.5) is 0 Å². The van der Waals surface area contributed by atoms with E-state index in [0.29, 0.717) is 25.7 Å². The molecular weight excluding hydrogens is 345 g/mol. The number of esters is 1. The minimum atomic E-state index is -2.94. The minimum Gasteiger partial charge on any atom is -0.465 e. The van der Waals surface area contributed by atoms with Crippen molar-refractivity contribution in [1.29, 1.82) is 0 Å². The van der Waals surface area contributed by atoms with Crippen LogP contribution in [0, 0.1) is 0 Å². The minimum absolute atomic E-state index is 0.275. The average Bonchev–Trinajstić information content (AvgIpc) is 3.04. The molecule has 1 heterocycles. The van der Waals surface area contributed by atoms with Crippen molar-refractivity contribution >= 4 is 23.9 Å². The SMILES string of the molecule is CCCCCCCCCCCP(=O)(Cl)N1CCCC1C(=O)OCC. The Kier molecular flexibility index (Phi) is 11.3. The number of hydrogen-bond acceptors (Lipinski definition) is 3. The van der Waals surface area contributed by atoms with Crippen LogP contribution in [0.5, 0.6) is 0 Å². The maximum atomic E-state index is 12.8. The third kappa shape index (κ3) is 7.89. The third-order valence-electron chi connectivity index (χ3n) is 4.70. The first kappa shape index (κ1) is 22.0. The molecule has 0 aliphatic carbocycles.